The second-order valence-corrected chi connectivity index (χ2v) is 7.12. The molecule has 0 radical (unpaired) electrons. The van der Waals surface area contributed by atoms with E-state index in [-0.39, 0.29) is 37.2 Å². The topological polar surface area (TPSA) is 0 Å². The Hall–Kier alpha value is -0.00130. The van der Waals surface area contributed by atoms with Crippen molar-refractivity contribution in [3.8, 4) is 0 Å². The summed E-state index contributed by atoms with van der Waals surface area (Å²) < 4.78 is 0. The average Bonchev–Trinajstić information content (AvgIpc) is 2.83. The van der Waals surface area contributed by atoms with Crippen molar-refractivity contribution < 1.29 is 0 Å². The molecule has 0 N–H and O–H groups in total. The first kappa shape index (κ1) is 17.4. The fourth-order valence-corrected chi connectivity index (χ4v) is 0.642. The van der Waals surface area contributed by atoms with E-state index in [0.29, 0.717) is 0 Å². The van der Waals surface area contributed by atoms with Gasteiger partial charge in [0.15, 0.2) is 0 Å². The number of rotatable bonds is 0. The number of hydrogen-bond acceptors (Lipinski definition) is 0. The SMILES string of the molecule is [CH3][Al]([CH3])[CH3].[Mg+2].c1cc[cH-]c1.c1cc[cH-]c1. The summed E-state index contributed by atoms with van der Waals surface area (Å²) in [6.07, 6.45) is 0. The summed E-state index contributed by atoms with van der Waals surface area (Å²) in [7, 11) is 0. The summed E-state index contributed by atoms with van der Waals surface area (Å²) in [4.78, 5) is 0. The van der Waals surface area contributed by atoms with Crippen molar-refractivity contribution in [1.29, 1.82) is 0 Å². The van der Waals surface area contributed by atoms with Gasteiger partial charge in [0, 0.05) is 0 Å². The Balaban J connectivity index is 0. The molecule has 15 heavy (non-hydrogen) atoms. The predicted octanol–water partition coefficient (Wildman–Crippen LogP) is 3.80. The summed E-state index contributed by atoms with van der Waals surface area (Å²) in [5, 5.41) is 0. The molecule has 76 valence electrons. The molecule has 0 bridgehead atoms. The second-order valence-electron chi connectivity index (χ2n) is 3.66. The first-order valence-electron chi connectivity index (χ1n) is 5.07. The second kappa shape index (κ2) is 14.0. The summed E-state index contributed by atoms with van der Waals surface area (Å²) in [6.45, 7) is 0. The van der Waals surface area contributed by atoms with Gasteiger partial charge in [-0.05, 0) is 0 Å². The Labute approximate surface area is 115 Å². The minimum absolute atomic E-state index is 0. The Kier molecular flexibility index (Phi) is 16.2. The molecule has 0 saturated carbocycles. The molecular weight excluding hydrogens is 207 g/mol. The van der Waals surface area contributed by atoms with Gasteiger partial charge in [-0.2, -0.15) is 36.4 Å². The van der Waals surface area contributed by atoms with E-state index < -0.39 is 0 Å². The van der Waals surface area contributed by atoms with Crippen LogP contribution < -0.4 is 0 Å². The molecule has 0 heterocycles. The first-order valence-corrected chi connectivity index (χ1v) is 8.53. The van der Waals surface area contributed by atoms with E-state index in [1.165, 1.54) is 0 Å². The van der Waals surface area contributed by atoms with Gasteiger partial charge in [-0.3, -0.25) is 0 Å². The van der Waals surface area contributed by atoms with Crippen LogP contribution in [0.1, 0.15) is 0 Å². The summed E-state index contributed by atoms with van der Waals surface area (Å²) in [5.41, 5.74) is 0. The average molecular weight is 227 g/mol. The van der Waals surface area contributed by atoms with Crippen molar-refractivity contribution in [2.75, 3.05) is 0 Å². The van der Waals surface area contributed by atoms with Crippen molar-refractivity contribution in [3.63, 3.8) is 0 Å². The molecule has 0 aliphatic rings. The maximum absolute atomic E-state index is 2.31. The van der Waals surface area contributed by atoms with Gasteiger partial charge in [0.2, 0.25) is 0 Å². The van der Waals surface area contributed by atoms with Gasteiger partial charge in [0.25, 0.3) is 14.1 Å². The van der Waals surface area contributed by atoms with Crippen LogP contribution in [0.3, 0.4) is 0 Å². The molecule has 2 heteroatoms. The Morgan fingerprint density at radius 3 is 0.933 bits per heavy atom. The fraction of sp³-hybridized carbons (Fsp3) is 0.231. The minimum Gasteiger partial charge on any atom is -0.214 e. The van der Waals surface area contributed by atoms with Crippen LogP contribution >= 0.6 is 0 Å². The van der Waals surface area contributed by atoms with E-state index in [2.05, 4.69) is 17.4 Å². The molecule has 0 spiro atoms. The van der Waals surface area contributed by atoms with Gasteiger partial charge in [-0.1, -0.05) is 0 Å². The molecule has 0 unspecified atom stereocenters. The Bertz CT molecular complexity index is 182. The van der Waals surface area contributed by atoms with Crippen molar-refractivity contribution in [2.45, 2.75) is 17.4 Å². The van der Waals surface area contributed by atoms with Crippen LogP contribution in [0.25, 0.3) is 0 Å². The molecule has 0 aromatic heterocycles. The zero-order chi connectivity index (χ0) is 10.6. The first-order chi connectivity index (χ1) is 6.73. The van der Waals surface area contributed by atoms with Crippen molar-refractivity contribution in [3.05, 3.63) is 60.7 Å². The van der Waals surface area contributed by atoms with Gasteiger partial charge >= 0.3 is 23.1 Å². The predicted molar refractivity (Wildman–Crippen MR) is 73.2 cm³/mol. The van der Waals surface area contributed by atoms with E-state index >= 15 is 0 Å². The molecule has 0 aliphatic heterocycles. The van der Waals surface area contributed by atoms with Crippen LogP contribution in [0.15, 0.2) is 60.7 Å². The van der Waals surface area contributed by atoms with Crippen LogP contribution in [0.4, 0.5) is 0 Å². The van der Waals surface area contributed by atoms with Gasteiger partial charge in [-0.15, -0.1) is 17.4 Å². The molecule has 0 nitrogen and oxygen atoms in total. The third-order valence-electron chi connectivity index (χ3n) is 1.11. The van der Waals surface area contributed by atoms with Gasteiger partial charge in [-0.25, -0.2) is 24.3 Å². The van der Waals surface area contributed by atoms with Crippen LogP contribution in [0, 0.1) is 0 Å². The zero-order valence-electron chi connectivity index (χ0n) is 10.1. The molecule has 0 saturated heterocycles. The summed E-state index contributed by atoms with van der Waals surface area (Å²) in [6, 6.07) is 20.0. The van der Waals surface area contributed by atoms with Gasteiger partial charge in [0.05, 0.1) is 0 Å². The van der Waals surface area contributed by atoms with Crippen molar-refractivity contribution >= 4 is 37.2 Å². The maximum Gasteiger partial charge on any atom is 2.00 e. The Morgan fingerprint density at radius 2 is 0.867 bits per heavy atom. The molecular formula is C13H19AlMg. The van der Waals surface area contributed by atoms with Crippen LogP contribution in [0.5, 0.6) is 0 Å². The fourth-order valence-electron chi connectivity index (χ4n) is 0.642. The molecule has 2 rings (SSSR count). The van der Waals surface area contributed by atoms with Crippen LogP contribution in [0.2, 0.25) is 17.4 Å². The van der Waals surface area contributed by atoms with Gasteiger partial charge < -0.3 is 0 Å². The standard InChI is InChI=1S/2C5H5.3CH3.Al.Mg/c2*1-2-4-5-3-1;;;;;/h2*1-5H;3*1H3;;/q2*-1;;;;;+2. The molecule has 0 fully saturated rings. The quantitative estimate of drug-likeness (QED) is 0.473. The number of hydrogen-bond donors (Lipinski definition) is 0. The van der Waals surface area contributed by atoms with Crippen molar-refractivity contribution in [2.24, 2.45) is 0 Å². The minimum atomic E-state index is -0.139. The van der Waals surface area contributed by atoms with Gasteiger partial charge in [0.1, 0.15) is 0 Å². The monoisotopic (exact) mass is 226 g/mol. The third-order valence-corrected chi connectivity index (χ3v) is 1.11. The van der Waals surface area contributed by atoms with E-state index in [1.54, 1.807) is 0 Å². The Morgan fingerprint density at radius 1 is 0.667 bits per heavy atom. The molecule has 0 aliphatic carbocycles. The summed E-state index contributed by atoms with van der Waals surface area (Å²) >= 11 is -0.139. The van der Waals surface area contributed by atoms with E-state index in [4.69, 9.17) is 0 Å². The molecule has 0 amide bonds. The summed E-state index contributed by atoms with van der Waals surface area (Å²) in [5.74, 6) is 6.92. The molecule has 2 aromatic rings. The molecule has 2 aromatic carbocycles. The largest absolute Gasteiger partial charge is 2.00 e. The molecule has 0 atom stereocenters. The van der Waals surface area contributed by atoms with Crippen LogP contribution in [-0.4, -0.2) is 37.2 Å². The van der Waals surface area contributed by atoms with E-state index in [9.17, 15) is 0 Å². The van der Waals surface area contributed by atoms with E-state index in [0.717, 1.165) is 0 Å². The van der Waals surface area contributed by atoms with Crippen molar-refractivity contribution in [1.82, 2.24) is 0 Å². The normalized spacial score (nSPS) is 7.13. The van der Waals surface area contributed by atoms with E-state index in [1.807, 2.05) is 60.7 Å². The maximum atomic E-state index is 2.31. The third kappa shape index (κ3) is 20.2. The van der Waals surface area contributed by atoms with Crippen LogP contribution in [-0.2, 0) is 0 Å². The smallest absolute Gasteiger partial charge is 0.214 e. The zero-order valence-corrected chi connectivity index (χ0v) is 12.6.